The Morgan fingerprint density at radius 2 is 2.09 bits per heavy atom. The van der Waals surface area contributed by atoms with Crippen LogP contribution in [0.25, 0.3) is 4.48 Å². The van der Waals surface area contributed by atoms with Gasteiger partial charge in [-0.25, -0.2) is 9.78 Å². The number of imidazole rings is 1. The average molecular weight is 361 g/mol. The van der Waals surface area contributed by atoms with Crippen LogP contribution in [-0.4, -0.2) is 22.6 Å². The SMILES string of the molecule is COC(=O)c1cncn1C1c2ccccc2C(Br)=CC1(C)C. The Morgan fingerprint density at radius 3 is 2.82 bits per heavy atom. The molecule has 1 aromatic heterocycles. The third kappa shape index (κ3) is 2.29. The molecule has 0 amide bonds. The van der Waals surface area contributed by atoms with Gasteiger partial charge in [0.2, 0.25) is 0 Å². The zero-order valence-corrected chi connectivity index (χ0v) is 14.3. The second-order valence-electron chi connectivity index (χ2n) is 5.98. The number of carbonyl (C=O) groups excluding carboxylic acids is 1. The minimum Gasteiger partial charge on any atom is -0.464 e. The highest BCUT2D eigenvalue weighted by molar-refractivity contribution is 9.15. The van der Waals surface area contributed by atoms with Gasteiger partial charge in [-0.1, -0.05) is 60.1 Å². The highest BCUT2D eigenvalue weighted by atomic mass is 79.9. The van der Waals surface area contributed by atoms with Crippen molar-refractivity contribution >= 4 is 26.4 Å². The lowest BCUT2D eigenvalue weighted by atomic mass is 9.74. The Balaban J connectivity index is 2.22. The molecular weight excluding hydrogens is 344 g/mol. The number of fused-ring (bicyclic) bond motifs is 1. The first-order valence-electron chi connectivity index (χ1n) is 7.03. The van der Waals surface area contributed by atoms with Gasteiger partial charge in [0.25, 0.3) is 0 Å². The number of nitrogens with zero attached hydrogens (tertiary/aromatic N) is 2. The number of benzene rings is 1. The highest BCUT2D eigenvalue weighted by Crippen LogP contribution is 2.48. The van der Waals surface area contributed by atoms with Gasteiger partial charge >= 0.3 is 5.97 Å². The Labute approximate surface area is 137 Å². The van der Waals surface area contributed by atoms with E-state index in [0.717, 1.165) is 15.6 Å². The Hall–Kier alpha value is -1.88. The van der Waals surface area contributed by atoms with E-state index in [2.05, 4.69) is 53.0 Å². The van der Waals surface area contributed by atoms with Crippen LogP contribution in [0.15, 0.2) is 42.9 Å². The fourth-order valence-corrected chi connectivity index (χ4v) is 4.07. The first-order chi connectivity index (χ1) is 10.5. The molecule has 0 saturated carbocycles. The van der Waals surface area contributed by atoms with E-state index in [1.54, 1.807) is 12.5 Å². The third-order valence-corrected chi connectivity index (χ3v) is 4.71. The van der Waals surface area contributed by atoms with Crippen LogP contribution < -0.4 is 0 Å². The predicted octanol–water partition coefficient (Wildman–Crippen LogP) is 4.03. The van der Waals surface area contributed by atoms with Crippen molar-refractivity contribution in [2.24, 2.45) is 5.41 Å². The second-order valence-corrected chi connectivity index (χ2v) is 6.84. The van der Waals surface area contributed by atoms with Gasteiger partial charge in [-0.05, 0) is 11.1 Å². The molecule has 22 heavy (non-hydrogen) atoms. The number of allylic oxidation sites excluding steroid dienone is 1. The normalized spacial score (nSPS) is 19.3. The van der Waals surface area contributed by atoms with E-state index in [1.165, 1.54) is 7.11 Å². The summed E-state index contributed by atoms with van der Waals surface area (Å²) in [6, 6.07) is 8.17. The largest absolute Gasteiger partial charge is 0.464 e. The maximum Gasteiger partial charge on any atom is 0.356 e. The standard InChI is InChI=1S/C17H17BrN2O2/c1-17(2)8-13(18)11-6-4-5-7-12(11)15(17)20-10-19-9-14(20)16(21)22-3/h4-10,15H,1-3H3. The maximum absolute atomic E-state index is 12.0. The Bertz CT molecular complexity index is 762. The van der Waals surface area contributed by atoms with Crippen molar-refractivity contribution in [2.75, 3.05) is 7.11 Å². The number of aromatic nitrogens is 2. The number of esters is 1. The number of ether oxygens (including phenoxy) is 1. The van der Waals surface area contributed by atoms with Gasteiger partial charge in [0.15, 0.2) is 0 Å². The molecule has 0 saturated heterocycles. The van der Waals surface area contributed by atoms with Gasteiger partial charge in [0.1, 0.15) is 5.69 Å². The summed E-state index contributed by atoms with van der Waals surface area (Å²) in [5.74, 6) is -0.376. The molecule has 1 atom stereocenters. The quantitative estimate of drug-likeness (QED) is 0.759. The molecule has 1 heterocycles. The van der Waals surface area contributed by atoms with E-state index in [-0.39, 0.29) is 17.4 Å². The van der Waals surface area contributed by atoms with Gasteiger partial charge in [0.05, 0.1) is 25.7 Å². The number of rotatable bonds is 2. The van der Waals surface area contributed by atoms with Crippen LogP contribution in [0.4, 0.5) is 0 Å². The van der Waals surface area contributed by atoms with Gasteiger partial charge in [0, 0.05) is 9.90 Å². The lowest BCUT2D eigenvalue weighted by Gasteiger charge is -2.38. The van der Waals surface area contributed by atoms with Crippen LogP contribution in [0.1, 0.15) is 41.5 Å². The molecule has 2 aromatic rings. The van der Waals surface area contributed by atoms with E-state index in [9.17, 15) is 4.79 Å². The van der Waals surface area contributed by atoms with Crippen molar-refractivity contribution < 1.29 is 9.53 Å². The smallest absolute Gasteiger partial charge is 0.356 e. The van der Waals surface area contributed by atoms with Crippen molar-refractivity contribution in [1.82, 2.24) is 9.55 Å². The number of methoxy groups -OCH3 is 1. The minimum absolute atomic E-state index is 0.0263. The Kier molecular flexibility index (Phi) is 3.68. The molecule has 0 spiro atoms. The van der Waals surface area contributed by atoms with E-state index in [4.69, 9.17) is 4.74 Å². The van der Waals surface area contributed by atoms with E-state index in [1.807, 2.05) is 16.7 Å². The summed E-state index contributed by atoms with van der Waals surface area (Å²) in [6.45, 7) is 4.30. The average Bonchev–Trinajstić information content (AvgIpc) is 2.94. The van der Waals surface area contributed by atoms with Crippen LogP contribution in [0.3, 0.4) is 0 Å². The molecule has 4 nitrogen and oxygen atoms in total. The molecule has 0 N–H and O–H groups in total. The minimum atomic E-state index is -0.376. The topological polar surface area (TPSA) is 44.1 Å². The zero-order valence-electron chi connectivity index (χ0n) is 12.7. The predicted molar refractivity (Wildman–Crippen MR) is 88.8 cm³/mol. The molecule has 5 heteroatoms. The summed E-state index contributed by atoms with van der Waals surface area (Å²) >= 11 is 3.66. The Morgan fingerprint density at radius 1 is 1.36 bits per heavy atom. The molecular formula is C17H17BrN2O2. The highest BCUT2D eigenvalue weighted by Gasteiger charge is 2.37. The number of hydrogen-bond acceptors (Lipinski definition) is 3. The molecule has 1 aromatic carbocycles. The van der Waals surface area contributed by atoms with Crippen LogP contribution in [0, 0.1) is 5.41 Å². The van der Waals surface area contributed by atoms with E-state index >= 15 is 0 Å². The summed E-state index contributed by atoms with van der Waals surface area (Å²) in [6.07, 6.45) is 5.43. The first-order valence-corrected chi connectivity index (χ1v) is 7.83. The lowest BCUT2D eigenvalue weighted by Crippen LogP contribution is -2.31. The molecule has 0 bridgehead atoms. The second kappa shape index (κ2) is 5.39. The number of halogens is 1. The number of carbonyl (C=O) groups is 1. The fourth-order valence-electron chi connectivity index (χ4n) is 3.12. The molecule has 114 valence electrons. The summed E-state index contributed by atoms with van der Waals surface area (Å²) in [7, 11) is 1.39. The van der Waals surface area contributed by atoms with Crippen molar-refractivity contribution in [2.45, 2.75) is 19.9 Å². The monoisotopic (exact) mass is 360 g/mol. The third-order valence-electron chi connectivity index (χ3n) is 4.05. The lowest BCUT2D eigenvalue weighted by molar-refractivity contribution is 0.0584. The molecule has 0 aliphatic heterocycles. The van der Waals surface area contributed by atoms with Crippen LogP contribution in [0.2, 0.25) is 0 Å². The van der Waals surface area contributed by atoms with Crippen LogP contribution in [0.5, 0.6) is 0 Å². The first kappa shape index (κ1) is 15.0. The van der Waals surface area contributed by atoms with Crippen LogP contribution >= 0.6 is 15.9 Å². The van der Waals surface area contributed by atoms with Crippen molar-refractivity contribution in [3.8, 4) is 0 Å². The summed E-state index contributed by atoms with van der Waals surface area (Å²) in [5, 5.41) is 0. The molecule has 0 fully saturated rings. The van der Waals surface area contributed by atoms with Gasteiger partial charge < -0.3 is 9.30 Å². The fraction of sp³-hybridized carbons (Fsp3) is 0.294. The van der Waals surface area contributed by atoms with Gasteiger partial charge in [-0.3, -0.25) is 0 Å². The molecule has 1 aliphatic carbocycles. The maximum atomic E-state index is 12.0. The van der Waals surface area contributed by atoms with Crippen molar-refractivity contribution in [3.63, 3.8) is 0 Å². The van der Waals surface area contributed by atoms with Gasteiger partial charge in [-0.15, -0.1) is 0 Å². The van der Waals surface area contributed by atoms with E-state index in [0.29, 0.717) is 5.69 Å². The summed E-state index contributed by atoms with van der Waals surface area (Å²) in [4.78, 5) is 16.2. The summed E-state index contributed by atoms with van der Waals surface area (Å²) < 4.78 is 7.86. The van der Waals surface area contributed by atoms with Gasteiger partial charge in [-0.2, -0.15) is 0 Å². The van der Waals surface area contributed by atoms with Crippen LogP contribution in [-0.2, 0) is 4.74 Å². The zero-order chi connectivity index (χ0) is 15.9. The summed E-state index contributed by atoms with van der Waals surface area (Å²) in [5.41, 5.74) is 2.57. The molecule has 1 aliphatic rings. The molecule has 1 unspecified atom stereocenters. The van der Waals surface area contributed by atoms with E-state index < -0.39 is 0 Å². The molecule has 0 radical (unpaired) electrons. The van der Waals surface area contributed by atoms with Crippen molar-refractivity contribution in [1.29, 1.82) is 0 Å². The molecule has 3 rings (SSSR count). The number of hydrogen-bond donors (Lipinski definition) is 0. The van der Waals surface area contributed by atoms with Crippen molar-refractivity contribution in [3.05, 3.63) is 59.7 Å².